The van der Waals surface area contributed by atoms with Gasteiger partial charge in [0.05, 0.1) is 0 Å². The standard InChI is InChI=1S/C25H33N3O5/c1-5-18-10-7-9-13-21(18)32-17-23(30)27-16-19-11-6-8-12-20(19)28-22(29)14-15-26-24(31)33-25(2,3)4/h6-13H,5,14-17H2,1-4H3,(H,26,31)(H,27,30)(H,28,29). The lowest BCUT2D eigenvalue weighted by molar-refractivity contribution is -0.123. The Morgan fingerprint density at radius 3 is 2.24 bits per heavy atom. The highest BCUT2D eigenvalue weighted by Gasteiger charge is 2.16. The Morgan fingerprint density at radius 1 is 0.879 bits per heavy atom. The third-order valence-corrected chi connectivity index (χ3v) is 4.50. The Balaban J connectivity index is 1.80. The van der Waals surface area contributed by atoms with E-state index in [0.29, 0.717) is 11.4 Å². The predicted molar refractivity (Wildman–Crippen MR) is 127 cm³/mol. The Kier molecular flexibility index (Phi) is 9.72. The van der Waals surface area contributed by atoms with Gasteiger partial charge in [0.25, 0.3) is 5.91 Å². The minimum Gasteiger partial charge on any atom is -0.483 e. The fourth-order valence-corrected chi connectivity index (χ4v) is 2.93. The SMILES string of the molecule is CCc1ccccc1OCC(=O)NCc1ccccc1NC(=O)CCNC(=O)OC(C)(C)C. The summed E-state index contributed by atoms with van der Waals surface area (Å²) in [6.07, 6.45) is 0.338. The second-order valence-corrected chi connectivity index (χ2v) is 8.41. The lowest BCUT2D eigenvalue weighted by Gasteiger charge is -2.19. The Hall–Kier alpha value is -3.55. The number of carbonyl (C=O) groups excluding carboxylic acids is 3. The quantitative estimate of drug-likeness (QED) is 0.505. The van der Waals surface area contributed by atoms with Gasteiger partial charge < -0.3 is 25.4 Å². The first-order valence-electron chi connectivity index (χ1n) is 11.0. The van der Waals surface area contributed by atoms with Gasteiger partial charge in [0, 0.05) is 25.2 Å². The van der Waals surface area contributed by atoms with Crippen LogP contribution in [0.25, 0.3) is 0 Å². The molecule has 3 N–H and O–H groups in total. The Labute approximate surface area is 195 Å². The second kappa shape index (κ2) is 12.5. The van der Waals surface area contributed by atoms with Crippen LogP contribution < -0.4 is 20.7 Å². The van der Waals surface area contributed by atoms with Crippen LogP contribution in [0.4, 0.5) is 10.5 Å². The van der Waals surface area contributed by atoms with Crippen molar-refractivity contribution in [2.24, 2.45) is 0 Å². The van der Waals surface area contributed by atoms with Crippen LogP contribution in [0, 0.1) is 0 Å². The number of amides is 3. The van der Waals surface area contributed by atoms with Crippen LogP contribution in [0.2, 0.25) is 0 Å². The van der Waals surface area contributed by atoms with Crippen LogP contribution in [0.5, 0.6) is 5.75 Å². The molecular weight excluding hydrogens is 422 g/mol. The molecule has 0 aliphatic rings. The first-order chi connectivity index (χ1) is 15.7. The molecule has 0 spiro atoms. The molecule has 0 radical (unpaired) electrons. The van der Waals surface area contributed by atoms with Crippen molar-refractivity contribution in [1.82, 2.24) is 10.6 Å². The van der Waals surface area contributed by atoms with E-state index in [4.69, 9.17) is 9.47 Å². The smallest absolute Gasteiger partial charge is 0.407 e. The molecule has 0 aliphatic heterocycles. The minimum atomic E-state index is -0.597. The Morgan fingerprint density at radius 2 is 1.55 bits per heavy atom. The molecule has 3 amide bonds. The van der Waals surface area contributed by atoms with Crippen LogP contribution in [0.3, 0.4) is 0 Å². The number of carbonyl (C=O) groups is 3. The molecule has 0 bridgehead atoms. The maximum atomic E-state index is 12.3. The first kappa shape index (κ1) is 25.7. The zero-order valence-electron chi connectivity index (χ0n) is 19.7. The number of aryl methyl sites for hydroxylation is 1. The number of benzene rings is 2. The number of hydrogen-bond donors (Lipinski definition) is 3. The molecular formula is C25H33N3O5. The average molecular weight is 456 g/mol. The second-order valence-electron chi connectivity index (χ2n) is 8.41. The highest BCUT2D eigenvalue weighted by atomic mass is 16.6. The molecule has 8 nitrogen and oxygen atoms in total. The van der Waals surface area contributed by atoms with Crippen molar-refractivity contribution in [3.05, 3.63) is 59.7 Å². The van der Waals surface area contributed by atoms with Gasteiger partial charge in [-0.3, -0.25) is 9.59 Å². The van der Waals surface area contributed by atoms with E-state index in [1.807, 2.05) is 43.3 Å². The van der Waals surface area contributed by atoms with Crippen LogP contribution in [-0.4, -0.2) is 36.7 Å². The lowest BCUT2D eigenvalue weighted by atomic mass is 10.1. The van der Waals surface area contributed by atoms with Crippen molar-refractivity contribution < 1.29 is 23.9 Å². The highest BCUT2D eigenvalue weighted by molar-refractivity contribution is 5.92. The van der Waals surface area contributed by atoms with Gasteiger partial charge >= 0.3 is 6.09 Å². The monoisotopic (exact) mass is 455 g/mol. The summed E-state index contributed by atoms with van der Waals surface area (Å²) in [5, 5.41) is 8.18. The van der Waals surface area contributed by atoms with Crippen LogP contribution >= 0.6 is 0 Å². The summed E-state index contributed by atoms with van der Waals surface area (Å²) in [4.78, 5) is 36.2. The van der Waals surface area contributed by atoms with E-state index in [-0.39, 0.29) is 37.9 Å². The van der Waals surface area contributed by atoms with Crippen molar-refractivity contribution in [2.45, 2.75) is 52.7 Å². The molecule has 0 saturated heterocycles. The predicted octanol–water partition coefficient (Wildman–Crippen LogP) is 3.80. The summed E-state index contributed by atoms with van der Waals surface area (Å²) in [5.74, 6) is 0.177. The lowest BCUT2D eigenvalue weighted by Crippen LogP contribution is -2.34. The van der Waals surface area contributed by atoms with Crippen molar-refractivity contribution >= 4 is 23.6 Å². The van der Waals surface area contributed by atoms with Gasteiger partial charge in [0.1, 0.15) is 11.4 Å². The van der Waals surface area contributed by atoms with E-state index in [1.54, 1.807) is 32.9 Å². The molecule has 8 heteroatoms. The molecule has 33 heavy (non-hydrogen) atoms. The van der Waals surface area contributed by atoms with E-state index >= 15 is 0 Å². The normalized spacial score (nSPS) is 10.8. The third-order valence-electron chi connectivity index (χ3n) is 4.50. The van der Waals surface area contributed by atoms with Gasteiger partial charge in [-0.05, 0) is 50.5 Å². The zero-order chi connectivity index (χ0) is 24.3. The molecule has 2 rings (SSSR count). The van der Waals surface area contributed by atoms with Gasteiger partial charge in [0.2, 0.25) is 5.91 Å². The first-order valence-corrected chi connectivity index (χ1v) is 11.0. The summed E-state index contributed by atoms with van der Waals surface area (Å²) in [7, 11) is 0. The van der Waals surface area contributed by atoms with Crippen LogP contribution in [0.1, 0.15) is 45.2 Å². The van der Waals surface area contributed by atoms with Gasteiger partial charge in [-0.2, -0.15) is 0 Å². The van der Waals surface area contributed by atoms with E-state index in [2.05, 4.69) is 16.0 Å². The summed E-state index contributed by atoms with van der Waals surface area (Å²) < 4.78 is 10.8. The molecule has 2 aromatic carbocycles. The molecule has 0 atom stereocenters. The van der Waals surface area contributed by atoms with Crippen molar-refractivity contribution in [3.8, 4) is 5.75 Å². The van der Waals surface area contributed by atoms with Crippen LogP contribution in [-0.2, 0) is 27.3 Å². The Bertz CT molecular complexity index is 953. The number of hydrogen-bond acceptors (Lipinski definition) is 5. The summed E-state index contributed by atoms with van der Waals surface area (Å²) in [5.41, 5.74) is 1.80. The number of rotatable bonds is 10. The summed E-state index contributed by atoms with van der Waals surface area (Å²) in [6, 6.07) is 14.8. The molecule has 0 fully saturated rings. The van der Waals surface area contributed by atoms with Gasteiger partial charge in [0.15, 0.2) is 6.61 Å². The molecule has 0 saturated carbocycles. The van der Waals surface area contributed by atoms with Gasteiger partial charge in [-0.25, -0.2) is 4.79 Å². The fourth-order valence-electron chi connectivity index (χ4n) is 2.93. The maximum absolute atomic E-state index is 12.3. The highest BCUT2D eigenvalue weighted by Crippen LogP contribution is 2.18. The molecule has 2 aromatic rings. The molecule has 0 unspecified atom stereocenters. The molecule has 0 heterocycles. The third kappa shape index (κ3) is 9.64. The van der Waals surface area contributed by atoms with Gasteiger partial charge in [-0.1, -0.05) is 43.3 Å². The van der Waals surface area contributed by atoms with E-state index < -0.39 is 11.7 Å². The maximum Gasteiger partial charge on any atom is 0.407 e. The fraction of sp³-hybridized carbons (Fsp3) is 0.400. The molecule has 178 valence electrons. The zero-order valence-corrected chi connectivity index (χ0v) is 19.7. The van der Waals surface area contributed by atoms with Crippen molar-refractivity contribution in [3.63, 3.8) is 0 Å². The van der Waals surface area contributed by atoms with Gasteiger partial charge in [-0.15, -0.1) is 0 Å². The van der Waals surface area contributed by atoms with E-state index in [9.17, 15) is 14.4 Å². The van der Waals surface area contributed by atoms with Crippen LogP contribution in [0.15, 0.2) is 48.5 Å². The van der Waals surface area contributed by atoms with E-state index in [0.717, 1.165) is 17.5 Å². The van der Waals surface area contributed by atoms with Crippen molar-refractivity contribution in [1.29, 1.82) is 0 Å². The van der Waals surface area contributed by atoms with Crippen molar-refractivity contribution in [2.75, 3.05) is 18.5 Å². The number of anilines is 1. The average Bonchev–Trinajstić information content (AvgIpc) is 2.76. The number of nitrogens with one attached hydrogen (secondary N) is 3. The summed E-state index contributed by atoms with van der Waals surface area (Å²) >= 11 is 0. The number of para-hydroxylation sites is 2. The summed E-state index contributed by atoms with van der Waals surface area (Å²) in [6.45, 7) is 7.63. The number of alkyl carbamates (subject to hydrolysis) is 1. The minimum absolute atomic E-state index is 0.0879. The van der Waals surface area contributed by atoms with E-state index in [1.165, 1.54) is 0 Å². The topological polar surface area (TPSA) is 106 Å². The molecule has 0 aliphatic carbocycles. The molecule has 0 aromatic heterocycles. The number of ether oxygens (including phenoxy) is 2. The largest absolute Gasteiger partial charge is 0.483 e.